The summed E-state index contributed by atoms with van der Waals surface area (Å²) in [5, 5.41) is 3.19. The molecule has 0 radical (unpaired) electrons. The summed E-state index contributed by atoms with van der Waals surface area (Å²) >= 11 is 0. The molecule has 0 aliphatic carbocycles. The summed E-state index contributed by atoms with van der Waals surface area (Å²) in [4.78, 5) is 0. The molecule has 1 atom stereocenters. The first-order valence-corrected chi connectivity index (χ1v) is 6.90. The maximum absolute atomic E-state index is 13.7. The van der Waals surface area contributed by atoms with Crippen LogP contribution in [-0.4, -0.2) is 0 Å². The highest BCUT2D eigenvalue weighted by molar-refractivity contribution is 5.46. The first-order valence-electron chi connectivity index (χ1n) is 6.90. The summed E-state index contributed by atoms with van der Waals surface area (Å²) < 4.78 is 26.9. The molecule has 1 unspecified atom stereocenters. The molecule has 1 N–H and O–H groups in total. The molecule has 2 aromatic rings. The zero-order valence-corrected chi connectivity index (χ0v) is 11.8. The number of halogens is 2. The van der Waals surface area contributed by atoms with E-state index in [1.165, 1.54) is 11.6 Å². The molecule has 0 fully saturated rings. The highest BCUT2D eigenvalue weighted by atomic mass is 19.1. The summed E-state index contributed by atoms with van der Waals surface area (Å²) in [5.74, 6) is -0.817. The second-order valence-corrected chi connectivity index (χ2v) is 4.98. The number of rotatable bonds is 5. The lowest BCUT2D eigenvalue weighted by Crippen LogP contribution is -2.09. The predicted molar refractivity (Wildman–Crippen MR) is 78.8 cm³/mol. The van der Waals surface area contributed by atoms with Crippen molar-refractivity contribution in [2.24, 2.45) is 0 Å². The Morgan fingerprint density at radius 2 is 1.75 bits per heavy atom. The van der Waals surface area contributed by atoms with Crippen LogP contribution in [0.2, 0.25) is 0 Å². The van der Waals surface area contributed by atoms with Crippen LogP contribution in [0, 0.1) is 11.6 Å². The molecular formula is C17H19F2N. The predicted octanol–water partition coefficient (Wildman–Crippen LogP) is 5.09. The van der Waals surface area contributed by atoms with Crippen molar-refractivity contribution in [1.82, 2.24) is 0 Å². The van der Waals surface area contributed by atoms with E-state index in [1.54, 1.807) is 0 Å². The van der Waals surface area contributed by atoms with E-state index in [1.807, 2.05) is 19.1 Å². The number of aryl methyl sites for hydroxylation is 1. The Balaban J connectivity index is 2.10. The zero-order valence-electron chi connectivity index (χ0n) is 11.8. The van der Waals surface area contributed by atoms with E-state index in [4.69, 9.17) is 0 Å². The van der Waals surface area contributed by atoms with Crippen LogP contribution >= 0.6 is 0 Å². The number of nitrogens with one attached hydrogen (secondary N) is 1. The largest absolute Gasteiger partial charge is 0.378 e. The fraction of sp³-hybridized carbons (Fsp3) is 0.294. The molecule has 2 rings (SSSR count). The average Bonchev–Trinajstić information content (AvgIpc) is 2.44. The number of anilines is 1. The van der Waals surface area contributed by atoms with E-state index in [0.29, 0.717) is 5.56 Å². The van der Waals surface area contributed by atoms with Crippen molar-refractivity contribution < 1.29 is 8.78 Å². The van der Waals surface area contributed by atoms with Crippen molar-refractivity contribution in [3.8, 4) is 0 Å². The van der Waals surface area contributed by atoms with Crippen LogP contribution in [0.5, 0.6) is 0 Å². The number of hydrogen-bond acceptors (Lipinski definition) is 1. The number of hydrogen-bond donors (Lipinski definition) is 1. The van der Waals surface area contributed by atoms with Gasteiger partial charge in [-0.25, -0.2) is 8.78 Å². The van der Waals surface area contributed by atoms with Crippen molar-refractivity contribution in [2.45, 2.75) is 32.7 Å². The Bertz CT molecular complexity index is 564. The van der Waals surface area contributed by atoms with Crippen LogP contribution in [-0.2, 0) is 6.42 Å². The van der Waals surface area contributed by atoms with Gasteiger partial charge in [-0.15, -0.1) is 0 Å². The molecule has 0 saturated heterocycles. The summed E-state index contributed by atoms with van der Waals surface area (Å²) in [7, 11) is 0. The lowest BCUT2D eigenvalue weighted by atomic mass is 10.1. The molecule has 0 bridgehead atoms. The van der Waals surface area contributed by atoms with E-state index >= 15 is 0 Å². The van der Waals surface area contributed by atoms with Crippen molar-refractivity contribution in [2.75, 3.05) is 5.32 Å². The van der Waals surface area contributed by atoms with Crippen molar-refractivity contribution in [1.29, 1.82) is 0 Å². The third-order valence-electron chi connectivity index (χ3n) is 3.30. The van der Waals surface area contributed by atoms with Crippen molar-refractivity contribution >= 4 is 5.69 Å². The molecule has 0 aliphatic heterocycles. The third kappa shape index (κ3) is 3.56. The Morgan fingerprint density at radius 3 is 2.40 bits per heavy atom. The molecule has 0 amide bonds. The van der Waals surface area contributed by atoms with E-state index in [-0.39, 0.29) is 6.04 Å². The van der Waals surface area contributed by atoms with Crippen LogP contribution in [0.3, 0.4) is 0 Å². The fourth-order valence-electron chi connectivity index (χ4n) is 2.23. The molecule has 3 heteroatoms. The second kappa shape index (κ2) is 6.51. The Kier molecular flexibility index (Phi) is 4.72. The first-order chi connectivity index (χ1) is 9.60. The summed E-state index contributed by atoms with van der Waals surface area (Å²) in [6.45, 7) is 3.96. The van der Waals surface area contributed by atoms with Gasteiger partial charge in [0.25, 0.3) is 0 Å². The van der Waals surface area contributed by atoms with Gasteiger partial charge in [0.1, 0.15) is 11.6 Å². The molecule has 106 valence electrons. The van der Waals surface area contributed by atoms with Gasteiger partial charge in [-0.2, -0.15) is 0 Å². The highest BCUT2D eigenvalue weighted by Gasteiger charge is 2.11. The average molecular weight is 275 g/mol. The maximum atomic E-state index is 13.7. The van der Waals surface area contributed by atoms with Crippen molar-refractivity contribution in [3.63, 3.8) is 0 Å². The van der Waals surface area contributed by atoms with Crippen LogP contribution < -0.4 is 5.32 Å². The molecule has 0 spiro atoms. The Morgan fingerprint density at radius 1 is 1.05 bits per heavy atom. The smallest absolute Gasteiger partial charge is 0.128 e. The van der Waals surface area contributed by atoms with E-state index < -0.39 is 11.6 Å². The highest BCUT2D eigenvalue weighted by Crippen LogP contribution is 2.23. The van der Waals surface area contributed by atoms with Crippen LogP contribution in [0.25, 0.3) is 0 Å². The van der Waals surface area contributed by atoms with Crippen LogP contribution in [0.1, 0.15) is 37.4 Å². The van der Waals surface area contributed by atoms with E-state index in [2.05, 4.69) is 24.4 Å². The monoisotopic (exact) mass is 275 g/mol. The minimum absolute atomic E-state index is 0.289. The lowest BCUT2D eigenvalue weighted by Gasteiger charge is -2.17. The van der Waals surface area contributed by atoms with Gasteiger partial charge in [-0.1, -0.05) is 25.5 Å². The molecule has 1 nitrogen and oxygen atoms in total. The van der Waals surface area contributed by atoms with Gasteiger partial charge in [-0.05, 0) is 49.2 Å². The van der Waals surface area contributed by atoms with Gasteiger partial charge in [0, 0.05) is 11.3 Å². The normalized spacial score (nSPS) is 12.2. The number of benzene rings is 2. The topological polar surface area (TPSA) is 12.0 Å². The Labute approximate surface area is 118 Å². The Hall–Kier alpha value is -1.90. The summed E-state index contributed by atoms with van der Waals surface area (Å²) in [6.07, 6.45) is 2.16. The van der Waals surface area contributed by atoms with Crippen LogP contribution in [0.4, 0.5) is 14.5 Å². The second-order valence-electron chi connectivity index (χ2n) is 4.98. The van der Waals surface area contributed by atoms with Gasteiger partial charge in [0.2, 0.25) is 0 Å². The molecule has 2 aromatic carbocycles. The molecule has 0 heterocycles. The fourth-order valence-corrected chi connectivity index (χ4v) is 2.23. The first kappa shape index (κ1) is 14.5. The lowest BCUT2D eigenvalue weighted by molar-refractivity contribution is 0.577. The van der Waals surface area contributed by atoms with E-state index in [0.717, 1.165) is 30.7 Å². The van der Waals surface area contributed by atoms with Crippen LogP contribution in [0.15, 0.2) is 42.5 Å². The molecular weight excluding hydrogens is 256 g/mol. The molecule has 20 heavy (non-hydrogen) atoms. The molecule has 0 saturated carbocycles. The maximum Gasteiger partial charge on any atom is 0.128 e. The van der Waals surface area contributed by atoms with Crippen molar-refractivity contribution in [3.05, 3.63) is 65.2 Å². The molecule has 0 aromatic heterocycles. The SMILES string of the molecule is CCCc1ccc(NC(C)c2cc(F)ccc2F)cc1. The van der Waals surface area contributed by atoms with Gasteiger partial charge in [0.15, 0.2) is 0 Å². The summed E-state index contributed by atoms with van der Waals surface area (Å²) in [6, 6.07) is 11.3. The van der Waals surface area contributed by atoms with Gasteiger partial charge in [-0.3, -0.25) is 0 Å². The minimum atomic E-state index is -0.423. The van der Waals surface area contributed by atoms with Gasteiger partial charge in [0.05, 0.1) is 6.04 Å². The minimum Gasteiger partial charge on any atom is -0.378 e. The van der Waals surface area contributed by atoms with E-state index in [9.17, 15) is 8.78 Å². The van der Waals surface area contributed by atoms with Gasteiger partial charge >= 0.3 is 0 Å². The quantitative estimate of drug-likeness (QED) is 0.801. The molecule has 0 aliphatic rings. The summed E-state index contributed by atoms with van der Waals surface area (Å²) in [5.41, 5.74) is 2.52. The van der Waals surface area contributed by atoms with Gasteiger partial charge < -0.3 is 5.32 Å². The third-order valence-corrected chi connectivity index (χ3v) is 3.30. The zero-order chi connectivity index (χ0) is 14.5. The standard InChI is InChI=1S/C17H19F2N/c1-3-4-13-5-8-15(9-6-13)20-12(2)16-11-14(18)7-10-17(16)19/h5-12,20H,3-4H2,1-2H3.